The molecular formula is C22H19FN4O4. The molecule has 0 bridgehead atoms. The third kappa shape index (κ3) is 6.36. The third-order valence-corrected chi connectivity index (χ3v) is 3.99. The number of ether oxygens (including phenoxy) is 1. The monoisotopic (exact) mass is 422 g/mol. The Bertz CT molecular complexity index is 1080. The largest absolute Gasteiger partial charge is 0.483 e. The molecule has 158 valence electrons. The van der Waals surface area contributed by atoms with Crippen LogP contribution >= 0.6 is 0 Å². The lowest BCUT2D eigenvalue weighted by molar-refractivity contribution is -0.118. The van der Waals surface area contributed by atoms with Crippen molar-refractivity contribution in [3.8, 4) is 5.75 Å². The number of carbonyl (C=O) groups is 3. The SMILES string of the molecule is O=C(CNC(=O)c1ccccc1OCC(=O)Nc1ccccc1F)Nc1cccnc1. The Morgan fingerprint density at radius 2 is 1.68 bits per heavy atom. The van der Waals surface area contributed by atoms with Crippen LogP contribution in [0.5, 0.6) is 5.75 Å². The van der Waals surface area contributed by atoms with Gasteiger partial charge in [-0.25, -0.2) is 4.39 Å². The van der Waals surface area contributed by atoms with E-state index in [2.05, 4.69) is 20.9 Å². The molecule has 8 nitrogen and oxygen atoms in total. The molecule has 0 saturated heterocycles. The molecule has 0 aliphatic heterocycles. The van der Waals surface area contributed by atoms with Gasteiger partial charge in [0.15, 0.2) is 6.61 Å². The maximum absolute atomic E-state index is 13.6. The van der Waals surface area contributed by atoms with Gasteiger partial charge >= 0.3 is 0 Å². The maximum Gasteiger partial charge on any atom is 0.262 e. The highest BCUT2D eigenvalue weighted by Crippen LogP contribution is 2.18. The predicted molar refractivity (Wildman–Crippen MR) is 112 cm³/mol. The first-order valence-electron chi connectivity index (χ1n) is 9.27. The first-order chi connectivity index (χ1) is 15.0. The normalized spacial score (nSPS) is 10.1. The molecule has 0 radical (unpaired) electrons. The van der Waals surface area contributed by atoms with Gasteiger partial charge in [0.05, 0.1) is 29.7 Å². The van der Waals surface area contributed by atoms with Crippen LogP contribution in [0, 0.1) is 5.82 Å². The van der Waals surface area contributed by atoms with Gasteiger partial charge in [-0.15, -0.1) is 0 Å². The van der Waals surface area contributed by atoms with Crippen LogP contribution in [-0.4, -0.2) is 35.9 Å². The van der Waals surface area contributed by atoms with Gasteiger partial charge in [0, 0.05) is 6.20 Å². The molecule has 31 heavy (non-hydrogen) atoms. The number of amides is 3. The van der Waals surface area contributed by atoms with E-state index in [0.29, 0.717) is 5.69 Å². The van der Waals surface area contributed by atoms with E-state index < -0.39 is 30.1 Å². The maximum atomic E-state index is 13.6. The standard InChI is InChI=1S/C22H19FN4O4/c23-17-8-2-3-9-18(17)27-21(29)14-31-19-10-4-1-7-16(19)22(30)25-13-20(28)26-15-6-5-11-24-12-15/h1-12H,13-14H2,(H,25,30)(H,26,28)(H,27,29). The summed E-state index contributed by atoms with van der Waals surface area (Å²) < 4.78 is 19.1. The molecule has 2 aromatic carbocycles. The van der Waals surface area contributed by atoms with Crippen molar-refractivity contribution in [2.24, 2.45) is 0 Å². The summed E-state index contributed by atoms with van der Waals surface area (Å²) in [5.41, 5.74) is 0.684. The predicted octanol–water partition coefficient (Wildman–Crippen LogP) is 2.61. The highest BCUT2D eigenvalue weighted by molar-refractivity contribution is 6.01. The zero-order valence-corrected chi connectivity index (χ0v) is 16.3. The molecule has 3 rings (SSSR count). The van der Waals surface area contributed by atoms with Gasteiger partial charge in [-0.2, -0.15) is 0 Å². The van der Waals surface area contributed by atoms with Gasteiger partial charge in [0.1, 0.15) is 11.6 Å². The average Bonchev–Trinajstić information content (AvgIpc) is 2.78. The number of halogens is 1. The minimum atomic E-state index is -0.587. The molecule has 0 aliphatic carbocycles. The molecular weight excluding hydrogens is 403 g/mol. The lowest BCUT2D eigenvalue weighted by atomic mass is 10.2. The van der Waals surface area contributed by atoms with Crippen molar-refractivity contribution in [2.75, 3.05) is 23.8 Å². The van der Waals surface area contributed by atoms with Gasteiger partial charge in [0.2, 0.25) is 5.91 Å². The summed E-state index contributed by atoms with van der Waals surface area (Å²) in [6.45, 7) is -0.698. The Morgan fingerprint density at radius 1 is 0.903 bits per heavy atom. The van der Waals surface area contributed by atoms with Gasteiger partial charge < -0.3 is 20.7 Å². The molecule has 3 amide bonds. The summed E-state index contributed by atoms with van der Waals surface area (Å²) in [6.07, 6.45) is 3.06. The fourth-order valence-electron chi connectivity index (χ4n) is 2.57. The number of anilines is 2. The Kier molecular flexibility index (Phi) is 7.26. The van der Waals surface area contributed by atoms with Crippen LogP contribution in [0.2, 0.25) is 0 Å². The van der Waals surface area contributed by atoms with Crippen LogP contribution in [0.25, 0.3) is 0 Å². The second-order valence-corrected chi connectivity index (χ2v) is 6.29. The number of hydrogen-bond donors (Lipinski definition) is 3. The lowest BCUT2D eigenvalue weighted by Gasteiger charge is -2.12. The van der Waals surface area contributed by atoms with E-state index in [-0.39, 0.29) is 23.5 Å². The molecule has 3 aromatic rings. The number of nitrogens with one attached hydrogen (secondary N) is 3. The summed E-state index contributed by atoms with van der Waals surface area (Å²) in [4.78, 5) is 40.4. The van der Waals surface area contributed by atoms with Gasteiger partial charge in [-0.3, -0.25) is 19.4 Å². The Labute approximate surface area is 177 Å². The number of benzene rings is 2. The fraction of sp³-hybridized carbons (Fsp3) is 0.0909. The van der Waals surface area contributed by atoms with E-state index in [4.69, 9.17) is 4.74 Å². The molecule has 1 heterocycles. The van der Waals surface area contributed by atoms with E-state index in [9.17, 15) is 18.8 Å². The lowest BCUT2D eigenvalue weighted by Crippen LogP contribution is -2.33. The molecule has 3 N–H and O–H groups in total. The van der Waals surface area contributed by atoms with Crippen LogP contribution in [0.1, 0.15) is 10.4 Å². The summed E-state index contributed by atoms with van der Waals surface area (Å²) in [5.74, 6) is -1.98. The van der Waals surface area contributed by atoms with Crippen molar-refractivity contribution >= 4 is 29.1 Å². The van der Waals surface area contributed by atoms with Crippen molar-refractivity contribution in [1.29, 1.82) is 0 Å². The Balaban J connectivity index is 1.54. The first kappa shape index (κ1) is 21.4. The van der Waals surface area contributed by atoms with Crippen molar-refractivity contribution in [3.05, 3.63) is 84.4 Å². The minimum Gasteiger partial charge on any atom is -0.483 e. The van der Waals surface area contributed by atoms with Crippen LogP contribution < -0.4 is 20.7 Å². The van der Waals surface area contributed by atoms with E-state index in [1.165, 1.54) is 36.5 Å². The quantitative estimate of drug-likeness (QED) is 0.517. The van der Waals surface area contributed by atoms with Gasteiger partial charge in [0.25, 0.3) is 11.8 Å². The molecule has 0 spiro atoms. The second kappa shape index (κ2) is 10.5. The number of hydrogen-bond acceptors (Lipinski definition) is 5. The van der Waals surface area contributed by atoms with E-state index >= 15 is 0 Å². The molecule has 1 aromatic heterocycles. The summed E-state index contributed by atoms with van der Waals surface area (Å²) in [5, 5.41) is 7.49. The highest BCUT2D eigenvalue weighted by atomic mass is 19.1. The summed E-state index contributed by atoms with van der Waals surface area (Å²) in [6, 6.07) is 15.3. The molecule has 9 heteroatoms. The molecule has 0 aliphatic rings. The number of rotatable bonds is 8. The molecule has 0 unspecified atom stereocenters. The van der Waals surface area contributed by atoms with E-state index in [1.807, 2.05) is 0 Å². The molecule has 0 fully saturated rings. The second-order valence-electron chi connectivity index (χ2n) is 6.29. The van der Waals surface area contributed by atoms with Crippen LogP contribution in [0.4, 0.5) is 15.8 Å². The molecule has 0 saturated carbocycles. The topological polar surface area (TPSA) is 109 Å². The smallest absolute Gasteiger partial charge is 0.262 e. The van der Waals surface area contributed by atoms with Crippen LogP contribution in [0.15, 0.2) is 73.1 Å². The van der Waals surface area contributed by atoms with Crippen molar-refractivity contribution in [3.63, 3.8) is 0 Å². The number of aromatic nitrogens is 1. The number of para-hydroxylation sites is 2. The number of carbonyl (C=O) groups excluding carboxylic acids is 3. The zero-order chi connectivity index (χ0) is 22.1. The van der Waals surface area contributed by atoms with E-state index in [0.717, 1.165) is 0 Å². The summed E-state index contributed by atoms with van der Waals surface area (Å²) in [7, 11) is 0. The Morgan fingerprint density at radius 3 is 2.45 bits per heavy atom. The van der Waals surface area contributed by atoms with Crippen molar-refractivity contribution in [2.45, 2.75) is 0 Å². The third-order valence-electron chi connectivity index (χ3n) is 3.99. The average molecular weight is 422 g/mol. The highest BCUT2D eigenvalue weighted by Gasteiger charge is 2.15. The Hall–Kier alpha value is -4.27. The summed E-state index contributed by atoms with van der Waals surface area (Å²) >= 11 is 0. The fourth-order valence-corrected chi connectivity index (χ4v) is 2.57. The van der Waals surface area contributed by atoms with Gasteiger partial charge in [-0.05, 0) is 36.4 Å². The first-order valence-corrected chi connectivity index (χ1v) is 9.27. The van der Waals surface area contributed by atoms with E-state index in [1.54, 1.807) is 36.5 Å². The number of pyridine rings is 1. The van der Waals surface area contributed by atoms with Crippen molar-refractivity contribution < 1.29 is 23.5 Å². The van der Waals surface area contributed by atoms with Crippen molar-refractivity contribution in [1.82, 2.24) is 10.3 Å². The number of nitrogens with zero attached hydrogens (tertiary/aromatic N) is 1. The van der Waals surface area contributed by atoms with Crippen LogP contribution in [0.3, 0.4) is 0 Å². The minimum absolute atomic E-state index is 0.0294. The van der Waals surface area contributed by atoms with Crippen LogP contribution in [-0.2, 0) is 9.59 Å². The molecule has 0 atom stereocenters. The zero-order valence-electron chi connectivity index (χ0n) is 16.3. The van der Waals surface area contributed by atoms with Gasteiger partial charge in [-0.1, -0.05) is 24.3 Å².